The monoisotopic (exact) mass is 247 g/mol. The van der Waals surface area contributed by atoms with Crippen molar-refractivity contribution in [1.29, 1.82) is 0 Å². The molecule has 1 N–H and O–H groups in total. The van der Waals surface area contributed by atoms with Gasteiger partial charge in [-0.1, -0.05) is 24.3 Å². The van der Waals surface area contributed by atoms with Gasteiger partial charge in [-0.2, -0.15) is 0 Å². The molecule has 1 aromatic rings. The first kappa shape index (κ1) is 13.1. The summed E-state index contributed by atoms with van der Waals surface area (Å²) in [5.74, 6) is -0.175. The zero-order valence-electron chi connectivity index (χ0n) is 11.5. The molecule has 0 heterocycles. The molecule has 1 aliphatic rings. The molecule has 3 nitrogen and oxygen atoms in total. The third-order valence-electron chi connectivity index (χ3n) is 3.61. The Morgan fingerprint density at radius 3 is 2.28 bits per heavy atom. The van der Waals surface area contributed by atoms with E-state index >= 15 is 0 Å². The topological polar surface area (TPSA) is 40.5 Å². The molecule has 3 heteroatoms. The summed E-state index contributed by atoms with van der Waals surface area (Å²) in [4.78, 5) is 14.3. The second-order valence-electron chi connectivity index (χ2n) is 5.59. The van der Waals surface area contributed by atoms with Crippen LogP contribution in [0.15, 0.2) is 24.3 Å². The van der Waals surface area contributed by atoms with Crippen LogP contribution in [0.3, 0.4) is 0 Å². The Balaban J connectivity index is 2.31. The zero-order valence-corrected chi connectivity index (χ0v) is 11.5. The number of carbonyl (C=O) groups is 1. The van der Waals surface area contributed by atoms with Crippen molar-refractivity contribution >= 4 is 5.91 Å². The van der Waals surface area contributed by atoms with E-state index in [-0.39, 0.29) is 18.0 Å². The lowest BCUT2D eigenvalue weighted by molar-refractivity contribution is -0.159. The molecule has 1 atom stereocenters. The van der Waals surface area contributed by atoms with Crippen LogP contribution in [0.25, 0.3) is 0 Å². The normalized spacial score (nSPS) is 21.7. The number of rotatable bonds is 3. The number of amides is 1. The van der Waals surface area contributed by atoms with E-state index in [0.29, 0.717) is 6.42 Å². The van der Waals surface area contributed by atoms with E-state index in [2.05, 4.69) is 0 Å². The van der Waals surface area contributed by atoms with Gasteiger partial charge in [-0.3, -0.25) is 4.79 Å². The van der Waals surface area contributed by atoms with Gasteiger partial charge in [0.15, 0.2) is 5.60 Å². The first-order valence-corrected chi connectivity index (χ1v) is 6.51. The maximum atomic E-state index is 12.6. The number of hydrogen-bond donors (Lipinski definition) is 1. The van der Waals surface area contributed by atoms with Gasteiger partial charge in [-0.25, -0.2) is 0 Å². The highest BCUT2D eigenvalue weighted by molar-refractivity contribution is 5.90. The minimum atomic E-state index is -1.31. The number of fused-ring (bicyclic) bond motifs is 1. The quantitative estimate of drug-likeness (QED) is 0.888. The Morgan fingerprint density at radius 1 is 1.22 bits per heavy atom. The van der Waals surface area contributed by atoms with Crippen molar-refractivity contribution in [2.24, 2.45) is 0 Å². The summed E-state index contributed by atoms with van der Waals surface area (Å²) < 4.78 is 0. The summed E-state index contributed by atoms with van der Waals surface area (Å²) in [6, 6.07) is 7.79. The number of carbonyl (C=O) groups excluding carboxylic acids is 1. The summed E-state index contributed by atoms with van der Waals surface area (Å²) in [5.41, 5.74) is 0.521. The van der Waals surface area contributed by atoms with E-state index < -0.39 is 5.60 Å². The van der Waals surface area contributed by atoms with Gasteiger partial charge in [0.1, 0.15) is 0 Å². The Morgan fingerprint density at radius 2 is 1.78 bits per heavy atom. The summed E-state index contributed by atoms with van der Waals surface area (Å²) in [7, 11) is 0. The summed E-state index contributed by atoms with van der Waals surface area (Å²) in [5, 5.41) is 10.6. The van der Waals surface area contributed by atoms with Crippen molar-refractivity contribution in [1.82, 2.24) is 4.90 Å². The fraction of sp³-hybridized carbons (Fsp3) is 0.533. The summed E-state index contributed by atoms with van der Waals surface area (Å²) in [6.07, 6.45) is 0.429. The van der Waals surface area contributed by atoms with Crippen LogP contribution in [-0.4, -0.2) is 28.0 Å². The molecule has 1 aliphatic carbocycles. The van der Waals surface area contributed by atoms with Gasteiger partial charge in [-0.15, -0.1) is 0 Å². The van der Waals surface area contributed by atoms with Crippen LogP contribution >= 0.6 is 0 Å². The number of aliphatic hydroxyl groups is 1. The highest BCUT2D eigenvalue weighted by atomic mass is 16.3. The van der Waals surface area contributed by atoms with Crippen molar-refractivity contribution < 1.29 is 9.90 Å². The second kappa shape index (κ2) is 4.39. The molecule has 0 spiro atoms. The molecular weight excluding hydrogens is 226 g/mol. The van der Waals surface area contributed by atoms with Crippen molar-refractivity contribution in [3.63, 3.8) is 0 Å². The van der Waals surface area contributed by atoms with E-state index in [9.17, 15) is 9.90 Å². The number of benzene rings is 1. The first-order chi connectivity index (χ1) is 8.38. The molecule has 0 aromatic heterocycles. The molecule has 18 heavy (non-hydrogen) atoms. The minimum absolute atomic E-state index is 0.0919. The lowest BCUT2D eigenvalue weighted by atomic mass is 9.72. The molecule has 0 bridgehead atoms. The molecule has 0 radical (unpaired) electrons. The van der Waals surface area contributed by atoms with Gasteiger partial charge >= 0.3 is 0 Å². The van der Waals surface area contributed by atoms with Gasteiger partial charge in [0.25, 0.3) is 5.91 Å². The van der Waals surface area contributed by atoms with Gasteiger partial charge in [0.05, 0.1) is 0 Å². The average molecular weight is 247 g/mol. The smallest absolute Gasteiger partial charge is 0.260 e. The summed E-state index contributed by atoms with van der Waals surface area (Å²) in [6.45, 7) is 7.91. The third kappa shape index (κ3) is 1.83. The van der Waals surface area contributed by atoms with Crippen LogP contribution in [0.1, 0.15) is 38.8 Å². The van der Waals surface area contributed by atoms with Gasteiger partial charge in [0.2, 0.25) is 0 Å². The van der Waals surface area contributed by atoms with Crippen molar-refractivity contribution in [3.05, 3.63) is 35.4 Å². The lowest BCUT2D eigenvalue weighted by Gasteiger charge is -2.43. The second-order valence-corrected chi connectivity index (χ2v) is 5.59. The maximum Gasteiger partial charge on any atom is 0.260 e. The van der Waals surface area contributed by atoms with E-state index in [4.69, 9.17) is 0 Å². The molecule has 0 saturated carbocycles. The molecular formula is C15H21NO2. The van der Waals surface area contributed by atoms with Gasteiger partial charge in [-0.05, 0) is 38.8 Å². The Bertz CT molecular complexity index is 459. The molecule has 98 valence electrons. The van der Waals surface area contributed by atoms with Crippen LogP contribution in [-0.2, 0) is 16.8 Å². The van der Waals surface area contributed by atoms with E-state index in [1.54, 1.807) is 4.90 Å². The molecule has 2 rings (SSSR count). The fourth-order valence-corrected chi connectivity index (χ4v) is 2.81. The predicted molar refractivity (Wildman–Crippen MR) is 71.2 cm³/mol. The third-order valence-corrected chi connectivity index (χ3v) is 3.61. The Labute approximate surface area is 108 Å². The van der Waals surface area contributed by atoms with Crippen LogP contribution < -0.4 is 0 Å². The first-order valence-electron chi connectivity index (χ1n) is 6.51. The van der Waals surface area contributed by atoms with Gasteiger partial charge < -0.3 is 10.0 Å². The summed E-state index contributed by atoms with van der Waals surface area (Å²) >= 11 is 0. The molecule has 0 saturated heterocycles. The molecule has 1 amide bonds. The van der Waals surface area contributed by atoms with Crippen LogP contribution in [0.2, 0.25) is 0 Å². The number of hydrogen-bond acceptors (Lipinski definition) is 2. The average Bonchev–Trinajstić information content (AvgIpc) is 2.26. The molecule has 0 unspecified atom stereocenters. The van der Waals surface area contributed by atoms with E-state index in [1.165, 1.54) is 0 Å². The predicted octanol–water partition coefficient (Wildman–Crippen LogP) is 2.08. The standard InChI is InChI=1S/C15H21NO2/c1-10(2)16(11(3)4)14(17)15(18)9-12-7-5-6-8-13(12)15/h5-8,10-11,18H,9H2,1-4H3/t15-/m1/s1. The minimum Gasteiger partial charge on any atom is -0.375 e. The molecule has 0 fully saturated rings. The Kier molecular flexibility index (Phi) is 3.20. The van der Waals surface area contributed by atoms with Crippen LogP contribution in [0, 0.1) is 0 Å². The van der Waals surface area contributed by atoms with E-state index in [0.717, 1.165) is 11.1 Å². The van der Waals surface area contributed by atoms with Gasteiger partial charge in [0, 0.05) is 18.5 Å². The van der Waals surface area contributed by atoms with Crippen LogP contribution in [0.4, 0.5) is 0 Å². The highest BCUT2D eigenvalue weighted by Crippen LogP contribution is 2.40. The van der Waals surface area contributed by atoms with Crippen molar-refractivity contribution in [3.8, 4) is 0 Å². The molecule has 0 aliphatic heterocycles. The maximum absolute atomic E-state index is 12.6. The Hall–Kier alpha value is -1.35. The van der Waals surface area contributed by atoms with Crippen LogP contribution in [0.5, 0.6) is 0 Å². The molecule has 1 aromatic carbocycles. The lowest BCUT2D eigenvalue weighted by Crippen LogP contribution is -2.57. The highest BCUT2D eigenvalue weighted by Gasteiger charge is 2.49. The number of nitrogens with zero attached hydrogens (tertiary/aromatic N) is 1. The largest absolute Gasteiger partial charge is 0.375 e. The van der Waals surface area contributed by atoms with Crippen molar-refractivity contribution in [2.75, 3.05) is 0 Å². The zero-order chi connectivity index (χ0) is 13.5. The fourth-order valence-electron chi connectivity index (χ4n) is 2.81. The SMILES string of the molecule is CC(C)N(C(=O)[C@@]1(O)Cc2ccccc21)C(C)C. The van der Waals surface area contributed by atoms with Crippen molar-refractivity contribution in [2.45, 2.75) is 51.8 Å². The van der Waals surface area contributed by atoms with E-state index in [1.807, 2.05) is 52.0 Å².